The molecule has 0 radical (unpaired) electrons. The molecule has 0 unspecified atom stereocenters. The predicted molar refractivity (Wildman–Crippen MR) is 161 cm³/mol. The van der Waals surface area contributed by atoms with E-state index in [-0.39, 0.29) is 36.2 Å². The van der Waals surface area contributed by atoms with Crippen LogP contribution in [0.1, 0.15) is 69.1 Å². The van der Waals surface area contributed by atoms with Crippen LogP contribution < -0.4 is 20.9 Å². The number of rotatable bonds is 10. The number of fused-ring (bicyclic) bond motifs is 1. The van der Waals surface area contributed by atoms with Gasteiger partial charge in [0, 0.05) is 37.8 Å². The molecule has 1 fully saturated rings. The average Bonchev–Trinajstić information content (AvgIpc) is 3.28. The fourth-order valence-corrected chi connectivity index (χ4v) is 5.08. The third-order valence-electron chi connectivity index (χ3n) is 7.17. The lowest BCUT2D eigenvalue weighted by Gasteiger charge is -2.40. The van der Waals surface area contributed by atoms with E-state index < -0.39 is 11.5 Å². The van der Waals surface area contributed by atoms with E-state index in [0.717, 1.165) is 37.1 Å². The van der Waals surface area contributed by atoms with Crippen molar-refractivity contribution in [2.45, 2.75) is 72.2 Å². The van der Waals surface area contributed by atoms with E-state index in [9.17, 15) is 9.59 Å². The molecule has 1 saturated heterocycles. The molecular formula is C30H43N7O5. The second kappa shape index (κ2) is 12.8. The normalized spacial score (nSPS) is 16.0. The number of hydrogen-bond donors (Lipinski definition) is 2. The topological polar surface area (TPSA) is 151 Å². The number of amides is 2. The Morgan fingerprint density at radius 3 is 2.52 bits per heavy atom. The second-order valence-electron chi connectivity index (χ2n) is 11.7. The summed E-state index contributed by atoms with van der Waals surface area (Å²) in [5, 5.41) is 0.530. The molecule has 12 nitrogen and oxygen atoms in total. The maximum absolute atomic E-state index is 12.6. The highest BCUT2D eigenvalue weighted by molar-refractivity contribution is 5.99. The van der Waals surface area contributed by atoms with Crippen molar-refractivity contribution in [3.63, 3.8) is 0 Å². The number of benzene rings is 1. The number of ether oxygens (including phenoxy) is 3. The second-order valence-corrected chi connectivity index (χ2v) is 11.7. The van der Waals surface area contributed by atoms with Crippen molar-refractivity contribution >= 4 is 28.9 Å². The molecule has 0 saturated carbocycles. The maximum Gasteiger partial charge on any atom is 0.410 e. The molecule has 2 aromatic heterocycles. The van der Waals surface area contributed by atoms with Gasteiger partial charge >= 0.3 is 12.1 Å². The first-order valence-corrected chi connectivity index (χ1v) is 14.4. The van der Waals surface area contributed by atoms with Gasteiger partial charge in [0.2, 0.25) is 0 Å². The molecule has 1 aromatic carbocycles. The molecule has 2 amide bonds. The number of aromatic nitrogens is 3. The zero-order chi connectivity index (χ0) is 30.6. The summed E-state index contributed by atoms with van der Waals surface area (Å²) in [7, 11) is 1.62. The first-order valence-electron chi connectivity index (χ1n) is 14.4. The van der Waals surface area contributed by atoms with Gasteiger partial charge in [0.15, 0.2) is 0 Å². The van der Waals surface area contributed by atoms with E-state index in [1.54, 1.807) is 22.6 Å². The summed E-state index contributed by atoms with van der Waals surface area (Å²) in [5.74, 6) is 0.291. The number of piperazine rings is 1. The molecule has 3 aromatic rings. The summed E-state index contributed by atoms with van der Waals surface area (Å²) in [6.45, 7) is 13.2. The highest BCUT2D eigenvalue weighted by Crippen LogP contribution is 2.29. The maximum atomic E-state index is 12.6. The zero-order valence-corrected chi connectivity index (χ0v) is 25.5. The van der Waals surface area contributed by atoms with Crippen molar-refractivity contribution in [2.24, 2.45) is 5.73 Å². The Morgan fingerprint density at radius 2 is 1.88 bits per heavy atom. The number of carbonyl (C=O) groups excluding carboxylic acids is 2. The molecule has 42 heavy (non-hydrogen) atoms. The molecule has 1 atom stereocenters. The van der Waals surface area contributed by atoms with E-state index >= 15 is 0 Å². The number of methoxy groups -OCH3 is 1. The monoisotopic (exact) mass is 581 g/mol. The van der Waals surface area contributed by atoms with Gasteiger partial charge in [0.25, 0.3) is 5.91 Å². The van der Waals surface area contributed by atoms with Crippen LogP contribution in [-0.2, 0) is 17.8 Å². The number of carbonyl (C=O) groups is 2. The van der Waals surface area contributed by atoms with Gasteiger partial charge in [-0.2, -0.15) is 9.97 Å². The van der Waals surface area contributed by atoms with Crippen LogP contribution in [0.5, 0.6) is 11.8 Å². The smallest absolute Gasteiger partial charge is 0.410 e. The Bertz CT molecular complexity index is 1430. The number of nitrogens with zero attached hydrogens (tertiary/aromatic N) is 5. The largest absolute Gasteiger partial charge is 0.496 e. The Labute approximate surface area is 246 Å². The van der Waals surface area contributed by atoms with Crippen molar-refractivity contribution in [1.29, 1.82) is 0 Å². The number of nitrogens with two attached hydrogens (primary N) is 2. The molecule has 12 heteroatoms. The quantitative estimate of drug-likeness (QED) is 0.341. The number of unbranched alkanes of at least 4 members (excludes halogenated alkanes) is 1. The summed E-state index contributed by atoms with van der Waals surface area (Å²) in [5.41, 5.74) is 14.1. The van der Waals surface area contributed by atoms with Gasteiger partial charge in [0.05, 0.1) is 25.6 Å². The van der Waals surface area contributed by atoms with E-state index in [1.165, 1.54) is 0 Å². The van der Waals surface area contributed by atoms with Crippen LogP contribution in [0.3, 0.4) is 0 Å². The number of nitrogen functional groups attached to an aromatic ring is 1. The molecule has 4 N–H and O–H groups in total. The Morgan fingerprint density at radius 1 is 1.12 bits per heavy atom. The molecule has 1 aliphatic rings. The molecule has 3 heterocycles. The predicted octanol–water partition coefficient (Wildman–Crippen LogP) is 3.79. The molecule has 4 rings (SSSR count). The summed E-state index contributed by atoms with van der Waals surface area (Å²) in [6.07, 6.45) is 1.55. The van der Waals surface area contributed by atoms with Gasteiger partial charge in [-0.05, 0) is 51.8 Å². The fraction of sp³-hybridized carbons (Fsp3) is 0.533. The number of primary amides is 1. The van der Waals surface area contributed by atoms with Crippen LogP contribution in [0.25, 0.3) is 11.0 Å². The lowest BCUT2D eigenvalue weighted by atomic mass is 10.1. The fourth-order valence-electron chi connectivity index (χ4n) is 5.08. The van der Waals surface area contributed by atoms with Crippen molar-refractivity contribution < 1.29 is 23.8 Å². The number of hydrogen-bond acceptors (Lipinski definition) is 9. The Kier molecular flexibility index (Phi) is 9.45. The molecule has 0 bridgehead atoms. The summed E-state index contributed by atoms with van der Waals surface area (Å²) in [6, 6.07) is 7.82. The highest BCUT2D eigenvalue weighted by Gasteiger charge is 2.31. The van der Waals surface area contributed by atoms with Gasteiger partial charge in [-0.15, -0.1) is 0 Å². The van der Waals surface area contributed by atoms with Gasteiger partial charge < -0.3 is 35.1 Å². The van der Waals surface area contributed by atoms with Crippen molar-refractivity contribution in [2.75, 3.05) is 39.1 Å². The third-order valence-corrected chi connectivity index (χ3v) is 7.17. The molecule has 0 spiro atoms. The van der Waals surface area contributed by atoms with Crippen LogP contribution >= 0.6 is 0 Å². The minimum Gasteiger partial charge on any atom is -0.496 e. The average molecular weight is 582 g/mol. The van der Waals surface area contributed by atoms with Crippen LogP contribution in [0.2, 0.25) is 0 Å². The van der Waals surface area contributed by atoms with Crippen LogP contribution in [0, 0.1) is 0 Å². The SMILES string of the molecule is CCCCOc1nc(N)c2cc(C(N)=O)n(Cc3ccc(CN4CCN(C(=O)OC(C)(C)C)[C@@H](C)C4)cc3OC)c2n1. The lowest BCUT2D eigenvalue weighted by Crippen LogP contribution is -2.54. The van der Waals surface area contributed by atoms with Crippen LogP contribution in [0.15, 0.2) is 24.3 Å². The van der Waals surface area contributed by atoms with E-state index in [0.29, 0.717) is 36.5 Å². The van der Waals surface area contributed by atoms with E-state index in [1.807, 2.05) is 45.9 Å². The van der Waals surface area contributed by atoms with Crippen molar-refractivity contribution in [3.05, 3.63) is 41.1 Å². The molecule has 228 valence electrons. The number of anilines is 1. The summed E-state index contributed by atoms with van der Waals surface area (Å²) >= 11 is 0. The molecule has 0 aliphatic carbocycles. The standard InChI is InChI=1S/C30H43N7O5/c1-7-8-13-41-28-33-25(31)22-15-23(26(32)38)37(27(22)34-28)18-21-10-9-20(14-24(21)40-6)17-35-11-12-36(19(2)16-35)29(39)42-30(3,4)5/h9-10,14-15,19H,7-8,11-13,16-18H2,1-6H3,(H2,32,38)(H2,31,33,34)/t19-/m0/s1. The van der Waals surface area contributed by atoms with E-state index in [4.69, 9.17) is 25.7 Å². The van der Waals surface area contributed by atoms with Gasteiger partial charge in [0.1, 0.15) is 28.5 Å². The highest BCUT2D eigenvalue weighted by atomic mass is 16.6. The van der Waals surface area contributed by atoms with Gasteiger partial charge in [-0.25, -0.2) is 4.79 Å². The first kappa shape index (κ1) is 30.9. The van der Waals surface area contributed by atoms with Gasteiger partial charge in [-0.3, -0.25) is 9.69 Å². The lowest BCUT2D eigenvalue weighted by molar-refractivity contribution is 0.000547. The Hall–Kier alpha value is -4.06. The van der Waals surface area contributed by atoms with Crippen molar-refractivity contribution in [3.8, 4) is 11.8 Å². The molecule has 1 aliphatic heterocycles. The summed E-state index contributed by atoms with van der Waals surface area (Å²) < 4.78 is 18.8. The van der Waals surface area contributed by atoms with Crippen LogP contribution in [-0.4, -0.2) is 81.3 Å². The molecular weight excluding hydrogens is 538 g/mol. The summed E-state index contributed by atoms with van der Waals surface area (Å²) in [4.78, 5) is 37.9. The van der Waals surface area contributed by atoms with E-state index in [2.05, 4.69) is 21.8 Å². The van der Waals surface area contributed by atoms with Gasteiger partial charge in [-0.1, -0.05) is 25.5 Å². The first-order chi connectivity index (χ1) is 19.9. The third kappa shape index (κ3) is 7.22. The minimum atomic E-state index is -0.601. The van der Waals surface area contributed by atoms with Crippen LogP contribution in [0.4, 0.5) is 10.6 Å². The Balaban J connectivity index is 1.53. The zero-order valence-electron chi connectivity index (χ0n) is 25.5. The van der Waals surface area contributed by atoms with Crippen molar-refractivity contribution in [1.82, 2.24) is 24.3 Å². The minimum absolute atomic E-state index is 0.0225.